The number of rotatable bonds is 5. The van der Waals surface area contributed by atoms with Crippen LogP contribution in [0.5, 0.6) is 0 Å². The Labute approximate surface area is 99.2 Å². The number of hydrogen-bond acceptors (Lipinski definition) is 2. The largest absolute Gasteiger partial charge is 0.310 e. The molecule has 2 nitrogen and oxygen atoms in total. The van der Waals surface area contributed by atoms with Gasteiger partial charge in [0.05, 0.1) is 6.04 Å². The second kappa shape index (κ2) is 6.03. The summed E-state index contributed by atoms with van der Waals surface area (Å²) in [6.07, 6.45) is 1.89. The summed E-state index contributed by atoms with van der Waals surface area (Å²) >= 11 is 3.35. The fourth-order valence-corrected chi connectivity index (χ4v) is 1.77. The van der Waals surface area contributed by atoms with Crippen molar-refractivity contribution in [1.82, 2.24) is 5.32 Å². The van der Waals surface area contributed by atoms with Gasteiger partial charge < -0.3 is 5.32 Å². The van der Waals surface area contributed by atoms with Crippen LogP contribution in [0.4, 0.5) is 0 Å². The molecular weight excluding hydrogens is 254 g/mol. The van der Waals surface area contributed by atoms with E-state index in [0.717, 1.165) is 22.9 Å². The van der Waals surface area contributed by atoms with Gasteiger partial charge in [-0.25, -0.2) is 0 Å². The van der Waals surface area contributed by atoms with Crippen LogP contribution in [0.2, 0.25) is 0 Å². The van der Waals surface area contributed by atoms with Crippen molar-refractivity contribution in [3.8, 4) is 0 Å². The molecule has 0 aliphatic heterocycles. The SMILES string of the molecule is CCCC(NC)C(=O)c1ccc(Br)cc1. The third kappa shape index (κ3) is 3.43. The Morgan fingerprint density at radius 1 is 1.40 bits per heavy atom. The molecule has 3 heteroatoms. The number of halogens is 1. The summed E-state index contributed by atoms with van der Waals surface area (Å²) < 4.78 is 0.996. The summed E-state index contributed by atoms with van der Waals surface area (Å²) in [4.78, 5) is 12.0. The summed E-state index contributed by atoms with van der Waals surface area (Å²) in [5.41, 5.74) is 0.769. The molecule has 1 atom stereocenters. The predicted molar refractivity (Wildman–Crippen MR) is 66.2 cm³/mol. The molecule has 0 saturated heterocycles. The summed E-state index contributed by atoms with van der Waals surface area (Å²) in [7, 11) is 1.83. The summed E-state index contributed by atoms with van der Waals surface area (Å²) in [6, 6.07) is 7.44. The average Bonchev–Trinajstić information content (AvgIpc) is 2.26. The molecular formula is C12H16BrNO. The van der Waals surface area contributed by atoms with Crippen molar-refractivity contribution >= 4 is 21.7 Å². The highest BCUT2D eigenvalue weighted by Crippen LogP contribution is 2.13. The Kier molecular flexibility index (Phi) is 4.99. The number of benzene rings is 1. The zero-order valence-electron chi connectivity index (χ0n) is 9.09. The molecule has 1 aromatic carbocycles. The third-order valence-corrected chi connectivity index (χ3v) is 2.90. The van der Waals surface area contributed by atoms with Crippen LogP contribution < -0.4 is 5.32 Å². The van der Waals surface area contributed by atoms with E-state index < -0.39 is 0 Å². The van der Waals surface area contributed by atoms with Crippen LogP contribution in [0.15, 0.2) is 28.7 Å². The number of ketones is 1. The first kappa shape index (κ1) is 12.4. The molecule has 1 N–H and O–H groups in total. The Balaban J connectivity index is 2.78. The van der Waals surface area contributed by atoms with Gasteiger partial charge in [-0.3, -0.25) is 4.79 Å². The number of hydrogen-bond donors (Lipinski definition) is 1. The smallest absolute Gasteiger partial charge is 0.179 e. The van der Waals surface area contributed by atoms with Gasteiger partial charge >= 0.3 is 0 Å². The molecule has 0 bridgehead atoms. The first-order valence-electron chi connectivity index (χ1n) is 5.16. The van der Waals surface area contributed by atoms with Gasteiger partial charge in [-0.15, -0.1) is 0 Å². The van der Waals surface area contributed by atoms with Crippen molar-refractivity contribution in [2.24, 2.45) is 0 Å². The van der Waals surface area contributed by atoms with Crippen LogP contribution in [0, 0.1) is 0 Å². The van der Waals surface area contributed by atoms with E-state index in [1.165, 1.54) is 0 Å². The third-order valence-electron chi connectivity index (χ3n) is 2.37. The van der Waals surface area contributed by atoms with Crippen molar-refractivity contribution < 1.29 is 4.79 Å². The van der Waals surface area contributed by atoms with Gasteiger partial charge in [0, 0.05) is 10.0 Å². The van der Waals surface area contributed by atoms with Crippen LogP contribution in [0.1, 0.15) is 30.1 Å². The molecule has 0 saturated carbocycles. The molecule has 0 spiro atoms. The zero-order chi connectivity index (χ0) is 11.3. The molecule has 0 heterocycles. The molecule has 82 valence electrons. The van der Waals surface area contributed by atoms with Crippen molar-refractivity contribution in [3.63, 3.8) is 0 Å². The van der Waals surface area contributed by atoms with Gasteiger partial charge in [-0.1, -0.05) is 41.4 Å². The fraction of sp³-hybridized carbons (Fsp3) is 0.417. The van der Waals surface area contributed by atoms with Crippen LogP contribution in [-0.4, -0.2) is 18.9 Å². The molecule has 0 aliphatic rings. The summed E-state index contributed by atoms with van der Waals surface area (Å²) in [6.45, 7) is 2.08. The zero-order valence-corrected chi connectivity index (χ0v) is 10.7. The lowest BCUT2D eigenvalue weighted by Gasteiger charge is -2.13. The standard InChI is InChI=1S/C12H16BrNO/c1-3-4-11(14-2)12(15)9-5-7-10(13)8-6-9/h5-8,11,14H,3-4H2,1-2H3. The van der Waals surface area contributed by atoms with E-state index in [1.807, 2.05) is 31.3 Å². The normalized spacial score (nSPS) is 12.5. The second-order valence-electron chi connectivity index (χ2n) is 3.50. The lowest BCUT2D eigenvalue weighted by molar-refractivity contribution is 0.0942. The number of carbonyl (C=O) groups is 1. The quantitative estimate of drug-likeness (QED) is 0.833. The molecule has 15 heavy (non-hydrogen) atoms. The van der Waals surface area contributed by atoms with E-state index in [1.54, 1.807) is 0 Å². The molecule has 1 rings (SSSR count). The predicted octanol–water partition coefficient (Wildman–Crippen LogP) is 3.02. The van der Waals surface area contributed by atoms with E-state index in [-0.39, 0.29) is 11.8 Å². The highest BCUT2D eigenvalue weighted by Gasteiger charge is 2.16. The Morgan fingerprint density at radius 2 is 2.00 bits per heavy atom. The summed E-state index contributed by atoms with van der Waals surface area (Å²) in [5.74, 6) is 0.173. The van der Waals surface area contributed by atoms with E-state index >= 15 is 0 Å². The number of likely N-dealkylation sites (N-methyl/N-ethyl adjacent to an activating group) is 1. The van der Waals surface area contributed by atoms with Crippen LogP contribution in [0.3, 0.4) is 0 Å². The number of Topliss-reactive ketones (excluding diaryl/α,β-unsaturated/α-hetero) is 1. The Bertz CT molecular complexity index is 321. The lowest BCUT2D eigenvalue weighted by atomic mass is 10.0. The molecule has 0 amide bonds. The minimum Gasteiger partial charge on any atom is -0.310 e. The lowest BCUT2D eigenvalue weighted by Crippen LogP contribution is -2.33. The minimum atomic E-state index is -0.0591. The van der Waals surface area contributed by atoms with Crippen LogP contribution >= 0.6 is 15.9 Å². The maximum absolute atomic E-state index is 12.0. The van der Waals surface area contributed by atoms with Crippen molar-refractivity contribution in [3.05, 3.63) is 34.3 Å². The van der Waals surface area contributed by atoms with Gasteiger partial charge in [0.25, 0.3) is 0 Å². The Morgan fingerprint density at radius 3 is 2.47 bits per heavy atom. The Hall–Kier alpha value is -0.670. The van der Waals surface area contributed by atoms with Gasteiger partial charge in [0.15, 0.2) is 5.78 Å². The second-order valence-corrected chi connectivity index (χ2v) is 4.42. The number of nitrogens with one attached hydrogen (secondary N) is 1. The van der Waals surface area contributed by atoms with Gasteiger partial charge in [0.1, 0.15) is 0 Å². The topological polar surface area (TPSA) is 29.1 Å². The van der Waals surface area contributed by atoms with Crippen LogP contribution in [0.25, 0.3) is 0 Å². The minimum absolute atomic E-state index is 0.0591. The maximum Gasteiger partial charge on any atom is 0.179 e. The van der Waals surface area contributed by atoms with E-state index in [0.29, 0.717) is 0 Å². The van der Waals surface area contributed by atoms with Crippen LogP contribution in [-0.2, 0) is 0 Å². The maximum atomic E-state index is 12.0. The van der Waals surface area contributed by atoms with Gasteiger partial charge in [-0.05, 0) is 25.6 Å². The fourth-order valence-electron chi connectivity index (χ4n) is 1.51. The number of carbonyl (C=O) groups excluding carboxylic acids is 1. The molecule has 1 unspecified atom stereocenters. The van der Waals surface area contributed by atoms with Gasteiger partial charge in [0.2, 0.25) is 0 Å². The highest BCUT2D eigenvalue weighted by molar-refractivity contribution is 9.10. The summed E-state index contributed by atoms with van der Waals surface area (Å²) in [5, 5.41) is 3.05. The average molecular weight is 270 g/mol. The van der Waals surface area contributed by atoms with Crippen molar-refractivity contribution in [1.29, 1.82) is 0 Å². The molecule has 0 aromatic heterocycles. The van der Waals surface area contributed by atoms with E-state index in [2.05, 4.69) is 28.2 Å². The van der Waals surface area contributed by atoms with E-state index in [9.17, 15) is 4.79 Å². The van der Waals surface area contributed by atoms with Gasteiger partial charge in [-0.2, -0.15) is 0 Å². The monoisotopic (exact) mass is 269 g/mol. The molecule has 0 radical (unpaired) electrons. The molecule has 0 fully saturated rings. The first-order chi connectivity index (χ1) is 7.19. The highest BCUT2D eigenvalue weighted by atomic mass is 79.9. The first-order valence-corrected chi connectivity index (χ1v) is 5.95. The molecule has 0 aliphatic carbocycles. The van der Waals surface area contributed by atoms with Crippen molar-refractivity contribution in [2.75, 3.05) is 7.05 Å². The molecule has 1 aromatic rings. The van der Waals surface area contributed by atoms with E-state index in [4.69, 9.17) is 0 Å². The van der Waals surface area contributed by atoms with Crippen molar-refractivity contribution in [2.45, 2.75) is 25.8 Å².